The topological polar surface area (TPSA) is 23.5 Å². The fraction of sp³-hybridized carbons (Fsp3) is 0.565. The van der Waals surface area contributed by atoms with Crippen LogP contribution in [0.25, 0.3) is 0 Å². The third kappa shape index (κ3) is 2.26. The number of piperidine rings is 1. The second kappa shape index (κ2) is 5.74. The van der Waals surface area contributed by atoms with E-state index in [0.29, 0.717) is 11.8 Å². The molecule has 0 amide bonds. The number of rotatable bonds is 1. The van der Waals surface area contributed by atoms with Gasteiger partial charge in [-0.1, -0.05) is 36.8 Å². The summed E-state index contributed by atoms with van der Waals surface area (Å²) in [7, 11) is 0. The molecule has 0 saturated carbocycles. The van der Waals surface area contributed by atoms with Gasteiger partial charge in [0, 0.05) is 30.6 Å². The summed E-state index contributed by atoms with van der Waals surface area (Å²) in [6.45, 7) is 4.24. The Morgan fingerprint density at radius 3 is 3.08 bits per heavy atom. The molecule has 1 N–H and O–H groups in total. The molecule has 5 aliphatic rings. The molecule has 1 fully saturated rings. The van der Waals surface area contributed by atoms with Crippen LogP contribution >= 0.6 is 0 Å². The lowest BCUT2D eigenvalue weighted by molar-refractivity contribution is -0.0108. The van der Waals surface area contributed by atoms with Gasteiger partial charge in [0.2, 0.25) is 0 Å². The van der Waals surface area contributed by atoms with Crippen LogP contribution in [0.1, 0.15) is 51.9 Å². The molecule has 0 aromatic heterocycles. The predicted molar refractivity (Wildman–Crippen MR) is 102 cm³/mol. The van der Waals surface area contributed by atoms with Gasteiger partial charge in [-0.05, 0) is 67.7 Å². The lowest BCUT2D eigenvalue weighted by atomic mass is 9.72. The average Bonchev–Trinajstić information content (AvgIpc) is 2.77. The number of hydrogen-bond acceptors (Lipinski definition) is 2. The van der Waals surface area contributed by atoms with Gasteiger partial charge in [-0.2, -0.15) is 0 Å². The van der Waals surface area contributed by atoms with E-state index >= 15 is 0 Å². The van der Waals surface area contributed by atoms with Crippen molar-refractivity contribution in [1.29, 1.82) is 0 Å². The van der Waals surface area contributed by atoms with Crippen molar-refractivity contribution < 1.29 is 5.11 Å². The van der Waals surface area contributed by atoms with E-state index < -0.39 is 5.60 Å². The summed E-state index contributed by atoms with van der Waals surface area (Å²) in [6, 6.07) is 0. The van der Waals surface area contributed by atoms with Gasteiger partial charge in [0.1, 0.15) is 0 Å². The van der Waals surface area contributed by atoms with Crippen molar-refractivity contribution in [2.45, 2.75) is 57.5 Å². The number of fused-ring (bicyclic) bond motifs is 3. The number of aliphatic hydroxyl groups is 1. The smallest absolute Gasteiger partial charge is 0.0750 e. The first-order valence-electron chi connectivity index (χ1n) is 10.2. The summed E-state index contributed by atoms with van der Waals surface area (Å²) in [5.41, 5.74) is 7.19. The minimum absolute atomic E-state index is 0.314. The monoisotopic (exact) mass is 335 g/mol. The molecule has 2 heteroatoms. The van der Waals surface area contributed by atoms with Crippen molar-refractivity contribution in [2.24, 2.45) is 11.8 Å². The Labute approximate surface area is 151 Å². The molecular formula is C23H29NO. The lowest BCUT2D eigenvalue weighted by Crippen LogP contribution is -2.40. The Morgan fingerprint density at radius 1 is 1.28 bits per heavy atom. The maximum Gasteiger partial charge on any atom is 0.0750 e. The molecule has 5 rings (SSSR count). The van der Waals surface area contributed by atoms with Crippen LogP contribution in [0.2, 0.25) is 0 Å². The van der Waals surface area contributed by atoms with Crippen LogP contribution in [0.5, 0.6) is 0 Å². The molecular weight excluding hydrogens is 306 g/mol. The molecule has 0 bridgehead atoms. The molecule has 3 unspecified atom stereocenters. The zero-order valence-electron chi connectivity index (χ0n) is 15.3. The highest BCUT2D eigenvalue weighted by Gasteiger charge is 2.46. The zero-order valence-corrected chi connectivity index (χ0v) is 15.3. The van der Waals surface area contributed by atoms with E-state index in [9.17, 15) is 5.11 Å². The molecule has 0 radical (unpaired) electrons. The Morgan fingerprint density at radius 2 is 2.20 bits per heavy atom. The molecule has 1 saturated heterocycles. The van der Waals surface area contributed by atoms with Gasteiger partial charge < -0.3 is 10.0 Å². The van der Waals surface area contributed by atoms with Gasteiger partial charge in [0.15, 0.2) is 0 Å². The number of hydrogen-bond donors (Lipinski definition) is 1. The van der Waals surface area contributed by atoms with E-state index in [2.05, 4.69) is 42.2 Å². The SMILES string of the molecule is CCC1(O)CC2=C3C(=C4C=CCCC41)CN1CC=CC=C1C3CCC2. The third-order valence-corrected chi connectivity index (χ3v) is 7.25. The van der Waals surface area contributed by atoms with Crippen LogP contribution in [0.4, 0.5) is 0 Å². The third-order valence-electron chi connectivity index (χ3n) is 7.25. The van der Waals surface area contributed by atoms with E-state index in [1.165, 1.54) is 30.5 Å². The maximum absolute atomic E-state index is 11.6. The van der Waals surface area contributed by atoms with Crippen LogP contribution in [0, 0.1) is 11.8 Å². The Bertz CT molecular complexity index is 750. The van der Waals surface area contributed by atoms with Crippen molar-refractivity contribution in [1.82, 2.24) is 4.90 Å². The summed E-state index contributed by atoms with van der Waals surface area (Å²) >= 11 is 0. The van der Waals surface area contributed by atoms with E-state index in [0.717, 1.165) is 38.8 Å². The van der Waals surface area contributed by atoms with Crippen molar-refractivity contribution in [3.63, 3.8) is 0 Å². The molecule has 3 aliphatic carbocycles. The molecule has 2 heterocycles. The predicted octanol–water partition coefficient (Wildman–Crippen LogP) is 4.66. The number of allylic oxidation sites excluding steroid dienone is 5. The van der Waals surface area contributed by atoms with Crippen LogP contribution < -0.4 is 0 Å². The average molecular weight is 335 g/mol. The molecule has 3 atom stereocenters. The molecule has 0 aromatic carbocycles. The van der Waals surface area contributed by atoms with E-state index in [-0.39, 0.29) is 0 Å². The summed E-state index contributed by atoms with van der Waals surface area (Å²) in [5.74, 6) is 0.870. The van der Waals surface area contributed by atoms with Crippen LogP contribution in [0.3, 0.4) is 0 Å². The Kier molecular flexibility index (Phi) is 3.60. The van der Waals surface area contributed by atoms with E-state index in [4.69, 9.17) is 0 Å². The first-order valence-corrected chi connectivity index (χ1v) is 10.2. The van der Waals surface area contributed by atoms with Gasteiger partial charge in [-0.25, -0.2) is 0 Å². The van der Waals surface area contributed by atoms with Gasteiger partial charge in [0.25, 0.3) is 0 Å². The molecule has 0 spiro atoms. The highest BCUT2D eigenvalue weighted by Crippen LogP contribution is 2.53. The van der Waals surface area contributed by atoms with E-state index in [1.807, 2.05) is 0 Å². The quantitative estimate of drug-likeness (QED) is 0.753. The Hall–Kier alpha value is -1.54. The maximum atomic E-state index is 11.6. The first kappa shape index (κ1) is 15.7. The van der Waals surface area contributed by atoms with Crippen molar-refractivity contribution in [3.8, 4) is 0 Å². The van der Waals surface area contributed by atoms with Crippen molar-refractivity contribution in [2.75, 3.05) is 13.1 Å². The largest absolute Gasteiger partial charge is 0.389 e. The Balaban J connectivity index is 1.74. The van der Waals surface area contributed by atoms with Crippen molar-refractivity contribution in [3.05, 3.63) is 58.4 Å². The lowest BCUT2D eigenvalue weighted by Gasteiger charge is -2.44. The number of nitrogens with zero attached hydrogens (tertiary/aromatic N) is 1. The summed E-state index contributed by atoms with van der Waals surface area (Å²) in [5, 5.41) is 11.6. The highest BCUT2D eigenvalue weighted by molar-refractivity contribution is 5.55. The minimum atomic E-state index is -0.554. The van der Waals surface area contributed by atoms with Gasteiger partial charge in [-0.15, -0.1) is 0 Å². The summed E-state index contributed by atoms with van der Waals surface area (Å²) < 4.78 is 0. The fourth-order valence-corrected chi connectivity index (χ4v) is 6.01. The van der Waals surface area contributed by atoms with Gasteiger partial charge in [0.05, 0.1) is 5.60 Å². The molecule has 25 heavy (non-hydrogen) atoms. The molecule has 0 aromatic rings. The first-order chi connectivity index (χ1) is 12.2. The van der Waals surface area contributed by atoms with Crippen LogP contribution in [-0.2, 0) is 0 Å². The van der Waals surface area contributed by atoms with Crippen LogP contribution in [0.15, 0.2) is 58.4 Å². The fourth-order valence-electron chi connectivity index (χ4n) is 6.01. The molecule has 2 aliphatic heterocycles. The van der Waals surface area contributed by atoms with Crippen molar-refractivity contribution >= 4 is 0 Å². The standard InChI is InChI=1S/C23H29NO/c1-2-23(25)14-16-8-7-10-18-21-12-5-6-13-24(21)15-19(22(16)18)17-9-3-4-11-20(17)23/h3,5-6,9,12,18,20,25H,2,4,7-8,10-11,13-15H2,1H3. The van der Waals surface area contributed by atoms with Gasteiger partial charge in [-0.3, -0.25) is 0 Å². The van der Waals surface area contributed by atoms with Crippen LogP contribution in [-0.4, -0.2) is 28.7 Å². The second-order valence-electron chi connectivity index (χ2n) is 8.46. The summed E-state index contributed by atoms with van der Waals surface area (Å²) in [4.78, 5) is 2.58. The summed E-state index contributed by atoms with van der Waals surface area (Å²) in [6.07, 6.45) is 19.2. The zero-order chi connectivity index (χ0) is 17.0. The second-order valence-corrected chi connectivity index (χ2v) is 8.46. The van der Waals surface area contributed by atoms with Gasteiger partial charge >= 0.3 is 0 Å². The van der Waals surface area contributed by atoms with E-state index in [1.54, 1.807) is 16.7 Å². The normalized spacial score (nSPS) is 36.6. The molecule has 2 nitrogen and oxygen atoms in total. The molecule has 132 valence electrons. The minimum Gasteiger partial charge on any atom is -0.389 e. The highest BCUT2D eigenvalue weighted by atomic mass is 16.3.